The third kappa shape index (κ3) is 6.25. The van der Waals surface area contributed by atoms with Crippen molar-refractivity contribution in [1.82, 2.24) is 19.8 Å². The Balaban J connectivity index is 1.26. The second-order valence-electron chi connectivity index (χ2n) is 8.89. The standard InChI is InChI=1S/C26H32Cl2N8/c27-21(25-33-9-13-35(25)11-7-17-1-3-19(29)15-23(17)31)5-6-22(28)26-34-10-14-36(26)12-8-18-2-4-20(30)16-24(18)32/h1-4,9-10,13-16,21-22H,5-8,11-12,29-32H2/q+2. The zero-order valence-corrected chi connectivity index (χ0v) is 21.5. The van der Waals surface area contributed by atoms with E-state index in [-0.39, 0.29) is 10.8 Å². The molecule has 188 valence electrons. The normalized spacial score (nSPS) is 16.4. The molecule has 0 saturated heterocycles. The van der Waals surface area contributed by atoms with Crippen LogP contribution in [-0.2, 0) is 12.8 Å². The molecule has 0 aromatic heterocycles. The zero-order chi connectivity index (χ0) is 25.7. The number of nitrogens with two attached hydrogens (primary N) is 4. The summed E-state index contributed by atoms with van der Waals surface area (Å²) in [6.07, 6.45) is 10.2. The molecule has 2 aromatic rings. The van der Waals surface area contributed by atoms with E-state index in [0.29, 0.717) is 35.6 Å². The fourth-order valence-corrected chi connectivity index (χ4v) is 4.91. The molecular weight excluding hydrogens is 495 g/mol. The summed E-state index contributed by atoms with van der Waals surface area (Å²) in [4.78, 5) is 13.1. The fraction of sp³-hybridized carbons (Fsp3) is 0.308. The molecule has 0 spiro atoms. The van der Waals surface area contributed by atoms with E-state index in [1.165, 1.54) is 0 Å². The van der Waals surface area contributed by atoms with Gasteiger partial charge in [-0.3, -0.25) is 0 Å². The number of halogens is 2. The van der Waals surface area contributed by atoms with E-state index >= 15 is 0 Å². The fourth-order valence-electron chi connectivity index (χ4n) is 4.30. The maximum atomic E-state index is 6.77. The molecule has 8 N–H and O–H groups in total. The van der Waals surface area contributed by atoms with Crippen LogP contribution in [0.25, 0.3) is 0 Å². The predicted octanol–water partition coefficient (Wildman–Crippen LogP) is 2.84. The Labute approximate surface area is 221 Å². The van der Waals surface area contributed by atoms with Gasteiger partial charge in [0.2, 0.25) is 0 Å². The van der Waals surface area contributed by atoms with Crippen molar-refractivity contribution >= 4 is 57.6 Å². The van der Waals surface area contributed by atoms with Crippen molar-refractivity contribution in [2.45, 2.75) is 36.4 Å². The quantitative estimate of drug-likeness (QED) is 0.262. The molecule has 0 amide bonds. The Hall–Kier alpha value is -3.36. The summed E-state index contributed by atoms with van der Waals surface area (Å²) in [6.45, 7) is 1.44. The molecule has 2 radical (unpaired) electrons. The van der Waals surface area contributed by atoms with E-state index in [0.717, 1.165) is 48.7 Å². The number of hydrogen-bond donors (Lipinski definition) is 4. The summed E-state index contributed by atoms with van der Waals surface area (Å²) in [5.74, 6) is 1.63. The zero-order valence-electron chi connectivity index (χ0n) is 20.0. The van der Waals surface area contributed by atoms with Crippen molar-refractivity contribution in [2.75, 3.05) is 36.0 Å². The molecule has 2 atom stereocenters. The molecule has 0 saturated carbocycles. The minimum absolute atomic E-state index is 0.275. The molecule has 0 fully saturated rings. The monoisotopic (exact) mass is 526 g/mol. The number of rotatable bonds is 11. The summed E-state index contributed by atoms with van der Waals surface area (Å²) in [6, 6.07) is 11.2. The largest absolute Gasteiger partial charge is 0.399 e. The highest BCUT2D eigenvalue weighted by molar-refractivity contribution is 6.33. The van der Waals surface area contributed by atoms with Gasteiger partial charge in [-0.1, -0.05) is 12.1 Å². The van der Waals surface area contributed by atoms with Crippen molar-refractivity contribution in [3.05, 3.63) is 72.3 Å². The summed E-state index contributed by atoms with van der Waals surface area (Å²) in [7, 11) is 0. The number of hydrogen-bond acceptors (Lipinski definition) is 8. The number of alkyl halides is 2. The van der Waals surface area contributed by atoms with Crippen molar-refractivity contribution in [3.8, 4) is 0 Å². The second kappa shape index (κ2) is 11.6. The Kier molecular flexibility index (Phi) is 8.28. The first-order chi connectivity index (χ1) is 17.3. The molecule has 2 heterocycles. The van der Waals surface area contributed by atoms with E-state index in [1.807, 2.05) is 36.7 Å². The number of aliphatic imine (C=N–C) groups is 2. The lowest BCUT2D eigenvalue weighted by atomic mass is 10.1. The van der Waals surface area contributed by atoms with E-state index in [1.54, 1.807) is 24.5 Å². The van der Waals surface area contributed by atoms with Crippen LogP contribution in [-0.4, -0.2) is 45.3 Å². The first-order valence-electron chi connectivity index (χ1n) is 11.9. The summed E-state index contributed by atoms with van der Waals surface area (Å²) in [5, 5.41) is -0.550. The third-order valence-electron chi connectivity index (χ3n) is 6.31. The number of amidine groups is 2. The lowest BCUT2D eigenvalue weighted by Crippen LogP contribution is -2.37. The van der Waals surface area contributed by atoms with Gasteiger partial charge in [-0.25, -0.2) is 9.80 Å². The molecule has 10 heteroatoms. The number of anilines is 4. The van der Waals surface area contributed by atoms with Crippen LogP contribution in [0.3, 0.4) is 0 Å². The molecular formula is C26H32Cl2N8+2. The topological polar surface area (TPSA) is 139 Å². The first kappa shape index (κ1) is 25.7. The van der Waals surface area contributed by atoms with Crippen molar-refractivity contribution < 1.29 is 0 Å². The van der Waals surface area contributed by atoms with E-state index in [9.17, 15) is 0 Å². The maximum Gasteiger partial charge on any atom is 0.316 e. The molecule has 2 unspecified atom stereocenters. The Morgan fingerprint density at radius 2 is 1.08 bits per heavy atom. The molecule has 2 aliphatic heterocycles. The highest BCUT2D eigenvalue weighted by Gasteiger charge is 2.35. The lowest BCUT2D eigenvalue weighted by Gasteiger charge is -2.17. The van der Waals surface area contributed by atoms with Crippen molar-refractivity contribution in [3.63, 3.8) is 0 Å². The van der Waals surface area contributed by atoms with Gasteiger partial charge >= 0.3 is 11.7 Å². The molecule has 2 aromatic carbocycles. The molecule has 2 aliphatic rings. The van der Waals surface area contributed by atoms with Gasteiger partial charge in [0.1, 0.15) is 23.2 Å². The average Bonchev–Trinajstić information content (AvgIpc) is 3.51. The molecule has 0 aliphatic carbocycles. The number of nitrogens with zero attached hydrogens (tertiary/aromatic N) is 4. The van der Waals surface area contributed by atoms with E-state index < -0.39 is 0 Å². The minimum Gasteiger partial charge on any atom is -0.399 e. The van der Waals surface area contributed by atoms with Gasteiger partial charge in [-0.15, -0.1) is 23.2 Å². The Morgan fingerprint density at radius 3 is 1.47 bits per heavy atom. The first-order valence-corrected chi connectivity index (χ1v) is 12.8. The lowest BCUT2D eigenvalue weighted by molar-refractivity contribution is 0.540. The predicted molar refractivity (Wildman–Crippen MR) is 152 cm³/mol. The molecule has 8 nitrogen and oxygen atoms in total. The van der Waals surface area contributed by atoms with Gasteiger partial charge in [0.25, 0.3) is 0 Å². The highest BCUT2D eigenvalue weighted by Crippen LogP contribution is 2.22. The summed E-state index contributed by atoms with van der Waals surface area (Å²) in [5.41, 5.74) is 28.6. The SMILES string of the molecule is Nc1ccc(CCN2C=C[N+]=C2C(Cl)CCC(Cl)C2=[N+]C=CN2CCc2ccc(N)cc2N)c(N)c1. The minimum atomic E-state index is -0.275. The van der Waals surface area contributed by atoms with Crippen molar-refractivity contribution in [1.29, 1.82) is 0 Å². The molecule has 0 bridgehead atoms. The molecule has 36 heavy (non-hydrogen) atoms. The van der Waals surface area contributed by atoms with E-state index in [4.69, 9.17) is 46.1 Å². The number of benzene rings is 2. The van der Waals surface area contributed by atoms with E-state index in [2.05, 4.69) is 19.8 Å². The van der Waals surface area contributed by atoms with Crippen molar-refractivity contribution in [2.24, 2.45) is 0 Å². The van der Waals surface area contributed by atoms with Gasteiger partial charge in [-0.05, 0) is 58.2 Å². The summed E-state index contributed by atoms with van der Waals surface area (Å²) >= 11 is 13.5. The Morgan fingerprint density at radius 1 is 0.667 bits per heavy atom. The summed E-state index contributed by atoms with van der Waals surface area (Å²) < 4.78 is 0. The van der Waals surface area contributed by atoms with Gasteiger partial charge in [-0.2, -0.15) is 0 Å². The Bertz CT molecular complexity index is 1110. The number of nitrogen functional groups attached to an aromatic ring is 4. The van der Waals surface area contributed by atoms with Crippen LogP contribution in [0.1, 0.15) is 24.0 Å². The maximum absolute atomic E-state index is 6.77. The highest BCUT2D eigenvalue weighted by atomic mass is 35.5. The van der Waals surface area contributed by atoms with Crippen LogP contribution in [0.4, 0.5) is 22.7 Å². The van der Waals surface area contributed by atoms with Gasteiger partial charge in [0, 0.05) is 35.6 Å². The smallest absolute Gasteiger partial charge is 0.316 e. The van der Waals surface area contributed by atoms with Crippen LogP contribution in [0.15, 0.2) is 61.2 Å². The van der Waals surface area contributed by atoms with Crippen LogP contribution >= 0.6 is 23.2 Å². The molecule has 4 rings (SSSR count). The second-order valence-corrected chi connectivity index (χ2v) is 9.94. The van der Waals surface area contributed by atoms with Crippen LogP contribution in [0, 0.1) is 0 Å². The van der Waals surface area contributed by atoms with Gasteiger partial charge in [0.05, 0.1) is 13.1 Å². The average molecular weight is 528 g/mol. The third-order valence-corrected chi connectivity index (χ3v) is 7.14. The van der Waals surface area contributed by atoms with Gasteiger partial charge < -0.3 is 22.9 Å². The van der Waals surface area contributed by atoms with Crippen LogP contribution in [0.2, 0.25) is 0 Å². The van der Waals surface area contributed by atoms with Gasteiger partial charge in [0.15, 0.2) is 12.4 Å². The van der Waals surface area contributed by atoms with Crippen LogP contribution < -0.4 is 32.9 Å². The van der Waals surface area contributed by atoms with Crippen LogP contribution in [0.5, 0.6) is 0 Å².